The van der Waals surface area contributed by atoms with Gasteiger partial charge in [-0.05, 0) is 61.7 Å². The third-order valence-corrected chi connectivity index (χ3v) is 5.32. The number of imidazole rings is 1. The molecule has 0 radical (unpaired) electrons. The highest BCUT2D eigenvalue weighted by Crippen LogP contribution is 2.41. The van der Waals surface area contributed by atoms with Crippen LogP contribution in [-0.2, 0) is 0 Å². The monoisotopic (exact) mass is 386 g/mol. The van der Waals surface area contributed by atoms with Gasteiger partial charge in [-0.3, -0.25) is 4.79 Å². The predicted molar refractivity (Wildman–Crippen MR) is 109 cm³/mol. The minimum atomic E-state index is -0.515. The van der Waals surface area contributed by atoms with Crippen molar-refractivity contribution in [2.45, 2.75) is 25.7 Å². The lowest BCUT2D eigenvalue weighted by molar-refractivity contribution is 0.102. The molecule has 1 saturated carbocycles. The van der Waals surface area contributed by atoms with Crippen LogP contribution in [0.2, 0.25) is 0 Å². The molecule has 0 unspecified atom stereocenters. The molecule has 5 rings (SSSR count). The SMILES string of the molecule is Cc1c(C2CC2)nc2ccc(NC(=O)c3ccc(-c4ccc(F)nc4)cc3)cn12. The maximum Gasteiger partial charge on any atom is 0.255 e. The zero-order valence-corrected chi connectivity index (χ0v) is 15.9. The Morgan fingerprint density at radius 3 is 2.52 bits per heavy atom. The fourth-order valence-electron chi connectivity index (χ4n) is 3.56. The Balaban J connectivity index is 1.35. The van der Waals surface area contributed by atoms with Crippen LogP contribution >= 0.6 is 0 Å². The number of nitrogens with zero attached hydrogens (tertiary/aromatic N) is 3. The van der Waals surface area contributed by atoms with Gasteiger partial charge in [-0.1, -0.05) is 12.1 Å². The molecule has 29 heavy (non-hydrogen) atoms. The van der Waals surface area contributed by atoms with E-state index in [4.69, 9.17) is 4.98 Å². The molecule has 0 bridgehead atoms. The van der Waals surface area contributed by atoms with Crippen molar-refractivity contribution in [1.82, 2.24) is 14.4 Å². The van der Waals surface area contributed by atoms with Crippen molar-refractivity contribution in [2.24, 2.45) is 0 Å². The normalized spacial score (nSPS) is 13.6. The van der Waals surface area contributed by atoms with Crippen molar-refractivity contribution < 1.29 is 9.18 Å². The number of anilines is 1. The average Bonchev–Trinajstić information content (AvgIpc) is 3.53. The first-order valence-corrected chi connectivity index (χ1v) is 9.60. The zero-order chi connectivity index (χ0) is 20.0. The van der Waals surface area contributed by atoms with Crippen LogP contribution in [0.3, 0.4) is 0 Å². The third kappa shape index (κ3) is 3.38. The van der Waals surface area contributed by atoms with Gasteiger partial charge in [-0.15, -0.1) is 0 Å². The van der Waals surface area contributed by atoms with Gasteiger partial charge in [0.2, 0.25) is 5.95 Å². The van der Waals surface area contributed by atoms with Crippen molar-refractivity contribution >= 4 is 17.2 Å². The van der Waals surface area contributed by atoms with E-state index in [0.29, 0.717) is 11.5 Å². The molecule has 3 heterocycles. The van der Waals surface area contributed by atoms with E-state index in [2.05, 4.69) is 17.2 Å². The molecule has 0 saturated heterocycles. The maximum atomic E-state index is 13.0. The molecular weight excluding hydrogens is 367 g/mol. The number of halogens is 1. The van der Waals surface area contributed by atoms with Gasteiger partial charge in [-0.25, -0.2) is 9.97 Å². The number of hydrogen-bond acceptors (Lipinski definition) is 3. The summed E-state index contributed by atoms with van der Waals surface area (Å²) < 4.78 is 15.0. The Kier molecular flexibility index (Phi) is 4.12. The highest BCUT2D eigenvalue weighted by Gasteiger charge is 2.28. The summed E-state index contributed by atoms with van der Waals surface area (Å²) in [7, 11) is 0. The third-order valence-electron chi connectivity index (χ3n) is 5.32. The lowest BCUT2D eigenvalue weighted by Crippen LogP contribution is -2.12. The van der Waals surface area contributed by atoms with Gasteiger partial charge in [0, 0.05) is 35.1 Å². The first kappa shape index (κ1) is 17.6. The molecule has 4 aromatic rings. The topological polar surface area (TPSA) is 59.3 Å². The number of hydrogen-bond donors (Lipinski definition) is 1. The second kappa shape index (κ2) is 6.81. The van der Waals surface area contributed by atoms with Crippen LogP contribution in [0.4, 0.5) is 10.1 Å². The molecule has 0 aliphatic heterocycles. The molecule has 1 fully saturated rings. The Hall–Kier alpha value is -3.54. The van der Waals surface area contributed by atoms with Crippen LogP contribution in [0.1, 0.15) is 40.5 Å². The van der Waals surface area contributed by atoms with Crippen LogP contribution in [-0.4, -0.2) is 20.3 Å². The van der Waals surface area contributed by atoms with Gasteiger partial charge < -0.3 is 9.72 Å². The molecule has 1 aliphatic rings. The molecule has 5 nitrogen and oxygen atoms in total. The minimum Gasteiger partial charge on any atom is -0.321 e. The van der Waals surface area contributed by atoms with Crippen molar-refractivity contribution in [3.8, 4) is 11.1 Å². The van der Waals surface area contributed by atoms with E-state index in [1.54, 1.807) is 18.2 Å². The Morgan fingerprint density at radius 2 is 1.83 bits per heavy atom. The highest BCUT2D eigenvalue weighted by molar-refractivity contribution is 6.04. The van der Waals surface area contributed by atoms with E-state index in [0.717, 1.165) is 28.2 Å². The molecule has 0 spiro atoms. The lowest BCUT2D eigenvalue weighted by Gasteiger charge is -2.08. The number of benzene rings is 1. The molecule has 144 valence electrons. The summed E-state index contributed by atoms with van der Waals surface area (Å²) >= 11 is 0. The van der Waals surface area contributed by atoms with E-state index in [1.165, 1.54) is 30.8 Å². The molecule has 0 atom stereocenters. The summed E-state index contributed by atoms with van der Waals surface area (Å²) in [6, 6.07) is 13.9. The van der Waals surface area contributed by atoms with Gasteiger partial charge in [0.05, 0.1) is 11.4 Å². The summed E-state index contributed by atoms with van der Waals surface area (Å²) in [5.41, 5.74) is 6.14. The van der Waals surface area contributed by atoms with Gasteiger partial charge in [0.1, 0.15) is 5.65 Å². The van der Waals surface area contributed by atoms with Crippen molar-refractivity contribution in [2.75, 3.05) is 5.32 Å². The van der Waals surface area contributed by atoms with Gasteiger partial charge in [0.25, 0.3) is 5.91 Å². The molecule has 1 aliphatic carbocycles. The number of nitrogens with one attached hydrogen (secondary N) is 1. The first-order chi connectivity index (χ1) is 14.1. The van der Waals surface area contributed by atoms with E-state index in [1.807, 2.05) is 34.9 Å². The number of aryl methyl sites for hydroxylation is 1. The summed E-state index contributed by atoms with van der Waals surface area (Å²) in [5, 5.41) is 2.95. The van der Waals surface area contributed by atoms with E-state index in [9.17, 15) is 9.18 Å². The number of fused-ring (bicyclic) bond motifs is 1. The first-order valence-electron chi connectivity index (χ1n) is 9.60. The second-order valence-electron chi connectivity index (χ2n) is 7.40. The summed E-state index contributed by atoms with van der Waals surface area (Å²) in [6.07, 6.45) is 5.81. The highest BCUT2D eigenvalue weighted by atomic mass is 19.1. The average molecular weight is 386 g/mol. The van der Waals surface area contributed by atoms with Gasteiger partial charge >= 0.3 is 0 Å². The van der Waals surface area contributed by atoms with Crippen LogP contribution in [0.5, 0.6) is 0 Å². The zero-order valence-electron chi connectivity index (χ0n) is 15.9. The Labute approximate surface area is 167 Å². The molecule has 1 N–H and O–H groups in total. The molecule has 1 aromatic carbocycles. The predicted octanol–water partition coefficient (Wildman–Crippen LogP) is 4.97. The molecule has 1 amide bonds. The van der Waals surface area contributed by atoms with Crippen molar-refractivity contribution in [3.63, 3.8) is 0 Å². The number of rotatable bonds is 4. The number of carbonyl (C=O) groups is 1. The largest absolute Gasteiger partial charge is 0.321 e. The Bertz CT molecular complexity index is 1210. The number of aromatic nitrogens is 3. The van der Waals surface area contributed by atoms with Crippen molar-refractivity contribution in [1.29, 1.82) is 0 Å². The summed E-state index contributed by atoms with van der Waals surface area (Å²) in [6.45, 7) is 2.07. The summed E-state index contributed by atoms with van der Waals surface area (Å²) in [5.74, 6) is -0.116. The maximum absolute atomic E-state index is 13.0. The van der Waals surface area contributed by atoms with E-state index in [-0.39, 0.29) is 5.91 Å². The quantitative estimate of drug-likeness (QED) is 0.504. The minimum absolute atomic E-state index is 0.187. The lowest BCUT2D eigenvalue weighted by atomic mass is 10.1. The fraction of sp³-hybridized carbons (Fsp3) is 0.174. The number of pyridine rings is 2. The van der Waals surface area contributed by atoms with Gasteiger partial charge in [0.15, 0.2) is 0 Å². The molecule has 6 heteroatoms. The smallest absolute Gasteiger partial charge is 0.255 e. The standard InChI is InChI=1S/C23H19FN4O/c1-14-22(16-4-5-16)27-21-11-9-19(13-28(14)21)26-23(29)17-6-2-15(3-7-17)18-8-10-20(24)25-12-18/h2-3,6-13,16H,4-5H2,1H3,(H,26,29). The number of amides is 1. The van der Waals surface area contributed by atoms with Crippen LogP contribution in [0, 0.1) is 12.9 Å². The van der Waals surface area contributed by atoms with E-state index >= 15 is 0 Å². The van der Waals surface area contributed by atoms with E-state index < -0.39 is 5.95 Å². The second-order valence-corrected chi connectivity index (χ2v) is 7.40. The fourth-order valence-corrected chi connectivity index (χ4v) is 3.56. The van der Waals surface area contributed by atoms with Crippen LogP contribution < -0.4 is 5.32 Å². The van der Waals surface area contributed by atoms with Crippen LogP contribution in [0.15, 0.2) is 60.9 Å². The molecular formula is C23H19FN4O. The van der Waals surface area contributed by atoms with Gasteiger partial charge in [-0.2, -0.15) is 4.39 Å². The molecule has 3 aromatic heterocycles. The number of carbonyl (C=O) groups excluding carboxylic acids is 1. The van der Waals surface area contributed by atoms with Crippen molar-refractivity contribution in [3.05, 3.63) is 83.8 Å². The Morgan fingerprint density at radius 1 is 1.07 bits per heavy atom. The van der Waals surface area contributed by atoms with Crippen LogP contribution in [0.25, 0.3) is 16.8 Å². The summed E-state index contributed by atoms with van der Waals surface area (Å²) in [4.78, 5) is 21.0.